The predicted molar refractivity (Wildman–Crippen MR) is 64.0 cm³/mol. The Bertz CT molecular complexity index is 552. The van der Waals surface area contributed by atoms with Crippen molar-refractivity contribution < 1.29 is 16.8 Å². The van der Waals surface area contributed by atoms with Gasteiger partial charge in [-0.25, -0.2) is 16.8 Å². The van der Waals surface area contributed by atoms with Crippen LogP contribution in [0.5, 0.6) is 0 Å². The van der Waals surface area contributed by atoms with Gasteiger partial charge in [-0.15, -0.1) is 9.66 Å². The Kier molecular flexibility index (Phi) is 4.63. The molecular formula is C9H14N2O4S2. The van der Waals surface area contributed by atoms with Gasteiger partial charge in [-0.2, -0.15) is 0 Å². The molecule has 0 saturated heterocycles. The van der Waals surface area contributed by atoms with E-state index in [2.05, 4.69) is 0 Å². The van der Waals surface area contributed by atoms with Crippen LogP contribution in [-0.2, 0) is 20.0 Å². The number of sulfonamides is 2. The molecule has 0 atom stereocenters. The van der Waals surface area contributed by atoms with Crippen LogP contribution < -0.4 is 9.66 Å². The Labute approximate surface area is 101 Å². The molecule has 0 aromatic heterocycles. The first kappa shape index (κ1) is 14.1. The van der Waals surface area contributed by atoms with Crippen LogP contribution in [0.3, 0.4) is 0 Å². The van der Waals surface area contributed by atoms with E-state index in [1.165, 1.54) is 12.1 Å². The Hall–Kier alpha value is -0.960. The largest absolute Gasteiger partial charge is 0.254 e. The van der Waals surface area contributed by atoms with Crippen molar-refractivity contribution in [2.75, 3.05) is 5.75 Å². The zero-order chi connectivity index (χ0) is 12.9. The lowest BCUT2D eigenvalue weighted by atomic mass is 10.4. The van der Waals surface area contributed by atoms with E-state index in [-0.39, 0.29) is 10.6 Å². The van der Waals surface area contributed by atoms with Crippen LogP contribution in [0.15, 0.2) is 35.2 Å². The zero-order valence-corrected chi connectivity index (χ0v) is 10.9. The van der Waals surface area contributed by atoms with Crippen LogP contribution in [0.2, 0.25) is 0 Å². The molecule has 17 heavy (non-hydrogen) atoms. The van der Waals surface area contributed by atoms with Gasteiger partial charge >= 0.3 is 0 Å². The number of nitrogens with one attached hydrogen (secondary N) is 2. The first-order valence-corrected chi connectivity index (χ1v) is 8.07. The van der Waals surface area contributed by atoms with Crippen molar-refractivity contribution in [2.45, 2.75) is 18.2 Å². The van der Waals surface area contributed by atoms with Crippen LogP contribution in [0.4, 0.5) is 0 Å². The highest BCUT2D eigenvalue weighted by molar-refractivity contribution is 7.92. The minimum absolute atomic E-state index is 0.000742. The van der Waals surface area contributed by atoms with Crippen molar-refractivity contribution in [3.05, 3.63) is 30.3 Å². The molecule has 0 radical (unpaired) electrons. The van der Waals surface area contributed by atoms with Crippen molar-refractivity contribution in [1.29, 1.82) is 0 Å². The molecule has 1 aromatic carbocycles. The van der Waals surface area contributed by atoms with Crippen molar-refractivity contribution in [1.82, 2.24) is 9.66 Å². The average Bonchev–Trinajstić information content (AvgIpc) is 2.28. The normalized spacial score (nSPS) is 12.5. The van der Waals surface area contributed by atoms with Crippen molar-refractivity contribution >= 4 is 20.0 Å². The van der Waals surface area contributed by atoms with E-state index in [0.717, 1.165) is 0 Å². The fourth-order valence-electron chi connectivity index (χ4n) is 1.10. The Morgan fingerprint density at radius 3 is 2.12 bits per heavy atom. The molecular weight excluding hydrogens is 264 g/mol. The Morgan fingerprint density at radius 1 is 1.00 bits per heavy atom. The fourth-order valence-corrected chi connectivity index (χ4v) is 3.32. The van der Waals surface area contributed by atoms with Gasteiger partial charge in [0.25, 0.3) is 10.0 Å². The summed E-state index contributed by atoms with van der Waals surface area (Å²) in [5.41, 5.74) is 0. The number of hydrogen-bond donors (Lipinski definition) is 2. The van der Waals surface area contributed by atoms with Gasteiger partial charge in [0.2, 0.25) is 10.0 Å². The maximum atomic E-state index is 11.6. The molecule has 6 nitrogen and oxygen atoms in total. The van der Waals surface area contributed by atoms with Crippen molar-refractivity contribution in [2.24, 2.45) is 0 Å². The molecule has 0 spiro atoms. The number of rotatable bonds is 6. The van der Waals surface area contributed by atoms with E-state index in [0.29, 0.717) is 6.42 Å². The SMILES string of the molecule is CCCS(=O)(=O)NNS(=O)(=O)c1ccccc1. The summed E-state index contributed by atoms with van der Waals surface area (Å²) in [6.07, 6.45) is 0.405. The van der Waals surface area contributed by atoms with Crippen molar-refractivity contribution in [3.63, 3.8) is 0 Å². The van der Waals surface area contributed by atoms with Gasteiger partial charge in [0.15, 0.2) is 0 Å². The maximum Gasteiger partial charge on any atom is 0.254 e. The van der Waals surface area contributed by atoms with Crippen molar-refractivity contribution in [3.8, 4) is 0 Å². The lowest BCUT2D eigenvalue weighted by Gasteiger charge is -2.08. The van der Waals surface area contributed by atoms with Gasteiger partial charge in [-0.05, 0) is 18.6 Å². The monoisotopic (exact) mass is 278 g/mol. The molecule has 8 heteroatoms. The molecule has 2 N–H and O–H groups in total. The van der Waals surface area contributed by atoms with Crippen LogP contribution in [0.25, 0.3) is 0 Å². The molecule has 0 aliphatic heterocycles. The van der Waals surface area contributed by atoms with Crippen LogP contribution in [0.1, 0.15) is 13.3 Å². The second-order valence-corrected chi connectivity index (χ2v) is 6.86. The quantitative estimate of drug-likeness (QED) is 0.728. The summed E-state index contributed by atoms with van der Waals surface area (Å²) < 4.78 is 45.8. The molecule has 0 fully saturated rings. The highest BCUT2D eigenvalue weighted by Gasteiger charge is 2.16. The Balaban J connectivity index is 2.77. The molecule has 96 valence electrons. The Morgan fingerprint density at radius 2 is 1.59 bits per heavy atom. The third-order valence-corrected chi connectivity index (χ3v) is 4.61. The highest BCUT2D eigenvalue weighted by atomic mass is 32.2. The minimum Gasteiger partial charge on any atom is -0.211 e. The van der Waals surface area contributed by atoms with E-state index >= 15 is 0 Å². The minimum atomic E-state index is -3.85. The molecule has 0 unspecified atom stereocenters. The predicted octanol–water partition coefficient (Wildman–Crippen LogP) is 0.209. The van der Waals surface area contributed by atoms with Gasteiger partial charge < -0.3 is 0 Å². The first-order chi connectivity index (χ1) is 7.87. The highest BCUT2D eigenvalue weighted by Crippen LogP contribution is 2.06. The summed E-state index contributed by atoms with van der Waals surface area (Å²) >= 11 is 0. The van der Waals surface area contributed by atoms with Gasteiger partial charge in [-0.3, -0.25) is 0 Å². The van der Waals surface area contributed by atoms with Crippen LogP contribution in [0, 0.1) is 0 Å². The van der Waals surface area contributed by atoms with Gasteiger partial charge in [0, 0.05) is 0 Å². The number of hydrazine groups is 1. The van der Waals surface area contributed by atoms with Gasteiger partial charge in [0.1, 0.15) is 0 Å². The van der Waals surface area contributed by atoms with E-state index in [9.17, 15) is 16.8 Å². The molecule has 1 aromatic rings. The molecule has 0 aliphatic rings. The second kappa shape index (κ2) is 5.58. The molecule has 0 saturated carbocycles. The summed E-state index contributed by atoms with van der Waals surface area (Å²) in [6.45, 7) is 1.69. The van der Waals surface area contributed by atoms with Gasteiger partial charge in [-0.1, -0.05) is 25.1 Å². The molecule has 0 heterocycles. The number of hydrogen-bond acceptors (Lipinski definition) is 4. The molecule has 0 amide bonds. The van der Waals surface area contributed by atoms with Crippen LogP contribution >= 0.6 is 0 Å². The third-order valence-electron chi connectivity index (χ3n) is 1.86. The smallest absolute Gasteiger partial charge is 0.211 e. The summed E-state index contributed by atoms with van der Waals surface area (Å²) in [5.74, 6) is -0.135. The topological polar surface area (TPSA) is 92.3 Å². The summed E-state index contributed by atoms with van der Waals surface area (Å²) in [6, 6.07) is 7.51. The third kappa shape index (κ3) is 4.43. The van der Waals surface area contributed by atoms with Crippen LogP contribution in [-0.4, -0.2) is 22.6 Å². The first-order valence-electron chi connectivity index (χ1n) is 4.94. The lowest BCUT2D eigenvalue weighted by molar-refractivity contribution is 0.557. The summed E-state index contributed by atoms with van der Waals surface area (Å²) in [5, 5.41) is 0. The van der Waals surface area contributed by atoms with E-state index in [1.54, 1.807) is 25.1 Å². The van der Waals surface area contributed by atoms with E-state index < -0.39 is 20.0 Å². The maximum absolute atomic E-state index is 11.6. The molecule has 1 rings (SSSR count). The standard InChI is InChI=1S/C9H14N2O4S2/c1-2-8-16(12,13)10-11-17(14,15)9-6-4-3-5-7-9/h3-7,10-11H,2,8H2,1H3. The molecule has 0 bridgehead atoms. The van der Waals surface area contributed by atoms with E-state index in [1.807, 2.05) is 9.66 Å². The lowest BCUT2D eigenvalue weighted by Crippen LogP contribution is -2.42. The zero-order valence-electron chi connectivity index (χ0n) is 9.25. The molecule has 0 aliphatic carbocycles. The summed E-state index contributed by atoms with van der Waals surface area (Å²) in [4.78, 5) is 3.67. The summed E-state index contributed by atoms with van der Waals surface area (Å²) in [7, 11) is -7.47. The number of benzene rings is 1. The average molecular weight is 278 g/mol. The second-order valence-electron chi connectivity index (χ2n) is 3.34. The van der Waals surface area contributed by atoms with Gasteiger partial charge in [0.05, 0.1) is 10.6 Å². The van der Waals surface area contributed by atoms with E-state index in [4.69, 9.17) is 0 Å². The fraction of sp³-hybridized carbons (Fsp3) is 0.333.